The third-order valence-corrected chi connectivity index (χ3v) is 4.45. The fourth-order valence-electron chi connectivity index (χ4n) is 2.85. The van der Waals surface area contributed by atoms with Crippen molar-refractivity contribution in [3.8, 4) is 24.0 Å². The van der Waals surface area contributed by atoms with Gasteiger partial charge >= 0.3 is 0 Å². The van der Waals surface area contributed by atoms with Crippen molar-refractivity contribution in [3.05, 3.63) is 60.3 Å². The molecule has 1 heterocycles. The van der Waals surface area contributed by atoms with E-state index in [9.17, 15) is 9.90 Å². The fraction of sp³-hybridized carbons (Fsp3) is 0.174. The van der Waals surface area contributed by atoms with Crippen molar-refractivity contribution >= 4 is 36.5 Å². The summed E-state index contributed by atoms with van der Waals surface area (Å²) in [5, 5.41) is 15.2. The number of phenols is 1. The third kappa shape index (κ3) is 6.79. The fourth-order valence-corrected chi connectivity index (χ4v) is 2.85. The highest BCUT2D eigenvalue weighted by atomic mass is 16.5. The van der Waals surface area contributed by atoms with Crippen LogP contribution in [0.5, 0.6) is 11.6 Å². The first-order chi connectivity index (χ1) is 15.0. The van der Waals surface area contributed by atoms with Crippen molar-refractivity contribution in [1.29, 1.82) is 0 Å². The number of carbonyl (C=O) groups excluding carboxylic acids is 1. The maximum absolute atomic E-state index is 12.0. The highest BCUT2D eigenvalue weighted by Crippen LogP contribution is 2.17. The van der Waals surface area contributed by atoms with E-state index >= 15 is 0 Å². The van der Waals surface area contributed by atoms with Gasteiger partial charge in [0, 0.05) is 24.0 Å². The monoisotopic (exact) mass is 414 g/mol. The lowest BCUT2D eigenvalue weighted by Gasteiger charge is -2.10. The summed E-state index contributed by atoms with van der Waals surface area (Å²) in [6.45, 7) is 0.152. The van der Waals surface area contributed by atoms with Gasteiger partial charge in [0.1, 0.15) is 13.6 Å². The first-order valence-electron chi connectivity index (χ1n) is 9.88. The zero-order valence-electron chi connectivity index (χ0n) is 17.3. The van der Waals surface area contributed by atoms with Gasteiger partial charge < -0.3 is 20.5 Å². The van der Waals surface area contributed by atoms with Gasteiger partial charge in [-0.1, -0.05) is 18.1 Å². The van der Waals surface area contributed by atoms with Crippen LogP contribution in [-0.2, 0) is 11.2 Å². The molecule has 3 aromatic rings. The predicted octanol–water partition coefficient (Wildman–Crippen LogP) is 2.16. The molecule has 0 aliphatic heterocycles. The van der Waals surface area contributed by atoms with Crippen LogP contribution in [0.15, 0.2) is 54.7 Å². The van der Waals surface area contributed by atoms with E-state index < -0.39 is 0 Å². The number of aromatic hydroxyl groups is 1. The Hall–Kier alpha value is -3.99. The predicted molar refractivity (Wildman–Crippen MR) is 124 cm³/mol. The van der Waals surface area contributed by atoms with Crippen molar-refractivity contribution < 1.29 is 14.6 Å². The molecule has 0 fully saturated rings. The largest absolute Gasteiger partial charge is 0.508 e. The lowest BCUT2D eigenvalue weighted by atomic mass is 10.00. The highest BCUT2D eigenvalue weighted by Gasteiger charge is 2.06. The van der Waals surface area contributed by atoms with Gasteiger partial charge in [0.2, 0.25) is 17.7 Å². The van der Waals surface area contributed by atoms with Crippen LogP contribution < -0.4 is 20.8 Å². The molecule has 0 aliphatic rings. The molecule has 0 spiro atoms. The normalized spacial score (nSPS) is 10.2. The zero-order chi connectivity index (χ0) is 22.1. The Bertz CT molecular complexity index is 1060. The SMILES string of the molecule is Bc1cnc(Nc2ccc(CCCC(=O)Nc3ccc(O)cc3)cc2)nc1OCC#C. The summed E-state index contributed by atoms with van der Waals surface area (Å²) in [5.41, 5.74) is 3.46. The van der Waals surface area contributed by atoms with Crippen LogP contribution in [0.4, 0.5) is 17.3 Å². The van der Waals surface area contributed by atoms with E-state index in [1.807, 2.05) is 32.1 Å². The van der Waals surface area contributed by atoms with E-state index in [2.05, 4.69) is 26.5 Å². The lowest BCUT2D eigenvalue weighted by molar-refractivity contribution is -0.116. The maximum atomic E-state index is 12.0. The molecule has 0 aliphatic carbocycles. The number of nitrogens with zero attached hydrogens (tertiary/aromatic N) is 2. The molecule has 7 nitrogen and oxygen atoms in total. The maximum Gasteiger partial charge on any atom is 0.230 e. The topological polar surface area (TPSA) is 96.4 Å². The first-order valence-corrected chi connectivity index (χ1v) is 9.88. The number of phenolic OH excluding ortho intramolecular Hbond substituents is 1. The number of anilines is 3. The smallest absolute Gasteiger partial charge is 0.230 e. The second kappa shape index (κ2) is 10.7. The third-order valence-electron chi connectivity index (χ3n) is 4.45. The average molecular weight is 414 g/mol. The number of rotatable bonds is 9. The van der Waals surface area contributed by atoms with Crippen LogP contribution in [0, 0.1) is 12.3 Å². The van der Waals surface area contributed by atoms with Crippen LogP contribution in [0.25, 0.3) is 0 Å². The molecule has 156 valence electrons. The van der Waals surface area contributed by atoms with E-state index in [1.165, 1.54) is 12.1 Å². The van der Waals surface area contributed by atoms with Crippen LogP contribution in [-0.4, -0.2) is 35.4 Å². The molecule has 3 rings (SSSR count). The van der Waals surface area contributed by atoms with Crippen molar-refractivity contribution in [2.75, 3.05) is 17.2 Å². The molecule has 0 atom stereocenters. The number of aryl methyl sites for hydroxylation is 1. The van der Waals surface area contributed by atoms with Gasteiger partial charge in [0.15, 0.2) is 6.61 Å². The minimum absolute atomic E-state index is 0.0524. The van der Waals surface area contributed by atoms with Gasteiger partial charge in [-0.05, 0) is 60.3 Å². The molecule has 0 bridgehead atoms. The molecule has 1 amide bonds. The van der Waals surface area contributed by atoms with E-state index in [0.717, 1.165) is 29.6 Å². The summed E-state index contributed by atoms with van der Waals surface area (Å²) < 4.78 is 5.42. The molecule has 0 saturated carbocycles. The number of aromatic nitrogens is 2. The molecule has 0 radical (unpaired) electrons. The minimum Gasteiger partial charge on any atom is -0.508 e. The van der Waals surface area contributed by atoms with Gasteiger partial charge in [0.25, 0.3) is 0 Å². The van der Waals surface area contributed by atoms with Crippen LogP contribution in [0.2, 0.25) is 0 Å². The number of ether oxygens (including phenoxy) is 1. The quantitative estimate of drug-likeness (QED) is 0.282. The second-order valence-electron chi connectivity index (χ2n) is 6.95. The Morgan fingerprint density at radius 1 is 1.13 bits per heavy atom. The molecule has 2 aromatic carbocycles. The van der Waals surface area contributed by atoms with Crippen LogP contribution in [0.1, 0.15) is 18.4 Å². The van der Waals surface area contributed by atoms with E-state index in [1.54, 1.807) is 18.3 Å². The van der Waals surface area contributed by atoms with Crippen LogP contribution in [0.3, 0.4) is 0 Å². The lowest BCUT2D eigenvalue weighted by Crippen LogP contribution is -2.14. The molecule has 0 saturated heterocycles. The van der Waals surface area contributed by atoms with Gasteiger partial charge in [-0.2, -0.15) is 4.98 Å². The summed E-state index contributed by atoms with van der Waals surface area (Å²) in [4.78, 5) is 20.6. The zero-order valence-corrected chi connectivity index (χ0v) is 17.3. The Labute approximate surface area is 182 Å². The van der Waals surface area contributed by atoms with Crippen molar-refractivity contribution in [1.82, 2.24) is 9.97 Å². The van der Waals surface area contributed by atoms with Gasteiger partial charge in [-0.3, -0.25) is 4.79 Å². The number of terminal acetylenes is 1. The van der Waals surface area contributed by atoms with Crippen molar-refractivity contribution in [3.63, 3.8) is 0 Å². The molecule has 1 aromatic heterocycles. The van der Waals surface area contributed by atoms with E-state index in [4.69, 9.17) is 11.2 Å². The Kier molecular flexibility index (Phi) is 7.49. The first kappa shape index (κ1) is 21.7. The number of benzene rings is 2. The molecule has 3 N–H and O–H groups in total. The van der Waals surface area contributed by atoms with Gasteiger partial charge in [-0.15, -0.1) is 6.42 Å². The number of nitrogens with one attached hydrogen (secondary N) is 2. The van der Waals surface area contributed by atoms with E-state index in [0.29, 0.717) is 23.9 Å². The number of carbonyl (C=O) groups is 1. The second-order valence-corrected chi connectivity index (χ2v) is 6.95. The summed E-state index contributed by atoms with van der Waals surface area (Å²) in [7, 11) is 1.86. The summed E-state index contributed by atoms with van der Waals surface area (Å²) in [6.07, 6.45) is 8.84. The summed E-state index contributed by atoms with van der Waals surface area (Å²) >= 11 is 0. The molecular formula is C23H23BN4O3. The number of hydrogen-bond acceptors (Lipinski definition) is 6. The summed E-state index contributed by atoms with van der Waals surface area (Å²) in [6, 6.07) is 14.3. The Morgan fingerprint density at radius 3 is 2.55 bits per heavy atom. The molecule has 0 unspecified atom stereocenters. The van der Waals surface area contributed by atoms with Gasteiger partial charge in [-0.25, -0.2) is 4.98 Å². The Morgan fingerprint density at radius 2 is 1.84 bits per heavy atom. The number of hydrogen-bond donors (Lipinski definition) is 3. The van der Waals surface area contributed by atoms with Crippen molar-refractivity contribution in [2.24, 2.45) is 0 Å². The van der Waals surface area contributed by atoms with Crippen molar-refractivity contribution in [2.45, 2.75) is 19.3 Å². The molecular weight excluding hydrogens is 391 g/mol. The average Bonchev–Trinajstić information content (AvgIpc) is 2.77. The molecule has 8 heteroatoms. The standard InChI is InChI=1S/C23H23BN4O3/c1-2-14-31-22-20(24)15-25-23(28-22)27-18-8-6-16(7-9-18)4-3-5-21(30)26-17-10-12-19(29)13-11-17/h1,6-13,15,29H,3-5,14,24H2,(H,26,30)(H,25,27,28). The summed E-state index contributed by atoms with van der Waals surface area (Å²) in [5.74, 6) is 3.42. The van der Waals surface area contributed by atoms with Gasteiger partial charge in [0.05, 0.1) is 0 Å². The minimum atomic E-state index is -0.0524. The van der Waals surface area contributed by atoms with E-state index in [-0.39, 0.29) is 18.3 Å². The number of amides is 1. The highest BCUT2D eigenvalue weighted by molar-refractivity contribution is 6.33. The molecule has 31 heavy (non-hydrogen) atoms. The van der Waals surface area contributed by atoms with Crippen LogP contribution >= 0.6 is 0 Å². The Balaban J connectivity index is 1.47.